The van der Waals surface area contributed by atoms with Crippen LogP contribution in [-0.4, -0.2) is 57.6 Å². The number of nitrogens with one attached hydrogen (secondary N) is 3. The number of anilines is 3. The highest BCUT2D eigenvalue weighted by Gasteiger charge is 2.34. The Kier molecular flexibility index (Phi) is 5.13. The number of methoxy groups -OCH3 is 1. The van der Waals surface area contributed by atoms with Crippen LogP contribution in [0.15, 0.2) is 12.1 Å². The van der Waals surface area contributed by atoms with E-state index in [1.165, 1.54) is 19.3 Å². The lowest BCUT2D eigenvalue weighted by Crippen LogP contribution is -2.54. The zero-order valence-corrected chi connectivity index (χ0v) is 15.8. The number of piperidine rings is 2. The van der Waals surface area contributed by atoms with E-state index in [1.807, 2.05) is 0 Å². The van der Waals surface area contributed by atoms with Crippen molar-refractivity contribution in [2.75, 3.05) is 24.4 Å². The molecule has 9 nitrogen and oxygen atoms in total. The number of aromatic amines is 1. The van der Waals surface area contributed by atoms with E-state index < -0.39 is 0 Å². The van der Waals surface area contributed by atoms with Gasteiger partial charge in [0.05, 0.1) is 19.4 Å². The standard InChI is InChI=1S/C18H27N7O2/c1-25(14-6-11-4-3-5-12(7-14)19-11)18-21-15(9-17(22-18)27-2)20-16-8-13(10-26)23-24-16/h8-9,11-12,14,19,26H,3-7,10H2,1-2H3,(H2,20,21,22,23,24)/t11-,12+,14+. The molecular weight excluding hydrogens is 346 g/mol. The first-order valence-corrected chi connectivity index (χ1v) is 9.48. The van der Waals surface area contributed by atoms with Gasteiger partial charge in [0.2, 0.25) is 11.8 Å². The summed E-state index contributed by atoms with van der Waals surface area (Å²) in [6.07, 6.45) is 6.03. The summed E-state index contributed by atoms with van der Waals surface area (Å²) in [4.78, 5) is 11.4. The molecule has 27 heavy (non-hydrogen) atoms. The quantitative estimate of drug-likeness (QED) is 0.604. The summed E-state index contributed by atoms with van der Waals surface area (Å²) < 4.78 is 5.37. The van der Waals surface area contributed by atoms with Gasteiger partial charge in [-0.2, -0.15) is 15.1 Å². The fourth-order valence-corrected chi connectivity index (χ4v) is 4.09. The van der Waals surface area contributed by atoms with Gasteiger partial charge in [-0.3, -0.25) is 5.10 Å². The van der Waals surface area contributed by atoms with Crippen LogP contribution in [0.1, 0.15) is 37.8 Å². The third-order valence-corrected chi connectivity index (χ3v) is 5.51. The maximum absolute atomic E-state index is 9.17. The molecule has 0 unspecified atom stereocenters. The molecule has 0 aromatic carbocycles. The highest BCUT2D eigenvalue weighted by molar-refractivity contribution is 5.55. The summed E-state index contributed by atoms with van der Waals surface area (Å²) in [7, 11) is 3.66. The van der Waals surface area contributed by atoms with Gasteiger partial charge in [-0.1, -0.05) is 6.42 Å². The molecule has 0 spiro atoms. The minimum absolute atomic E-state index is 0.0895. The van der Waals surface area contributed by atoms with E-state index in [0.29, 0.717) is 47.3 Å². The number of ether oxygens (including phenoxy) is 1. The highest BCUT2D eigenvalue weighted by atomic mass is 16.5. The van der Waals surface area contributed by atoms with E-state index in [4.69, 9.17) is 4.74 Å². The third-order valence-electron chi connectivity index (χ3n) is 5.51. The molecule has 146 valence electrons. The maximum atomic E-state index is 9.17. The Hall–Kier alpha value is -2.39. The van der Waals surface area contributed by atoms with Crippen molar-refractivity contribution in [2.45, 2.75) is 56.8 Å². The van der Waals surface area contributed by atoms with E-state index >= 15 is 0 Å². The number of rotatable bonds is 6. The molecule has 2 bridgehead atoms. The maximum Gasteiger partial charge on any atom is 0.230 e. The summed E-state index contributed by atoms with van der Waals surface area (Å²) in [6.45, 7) is -0.0895. The van der Waals surface area contributed by atoms with Crippen LogP contribution in [-0.2, 0) is 6.61 Å². The SMILES string of the molecule is COc1cc(Nc2cc(CO)[nH]n2)nc(N(C)[C@H]2C[C@H]3CCC[C@@H](C2)N3)n1. The number of aliphatic hydroxyl groups excluding tert-OH is 1. The van der Waals surface area contributed by atoms with Gasteiger partial charge in [-0.15, -0.1) is 0 Å². The smallest absolute Gasteiger partial charge is 0.230 e. The number of fused-ring (bicyclic) bond motifs is 2. The Morgan fingerprint density at radius 3 is 2.67 bits per heavy atom. The lowest BCUT2D eigenvalue weighted by Gasteiger charge is -2.43. The van der Waals surface area contributed by atoms with Crippen LogP contribution < -0.4 is 20.3 Å². The molecular formula is C18H27N7O2. The molecule has 2 aromatic heterocycles. The minimum atomic E-state index is -0.0895. The molecule has 0 saturated carbocycles. The van der Waals surface area contributed by atoms with Gasteiger partial charge < -0.3 is 25.4 Å². The Morgan fingerprint density at radius 2 is 2.00 bits per heavy atom. The molecule has 4 N–H and O–H groups in total. The lowest BCUT2D eigenvalue weighted by molar-refractivity contribution is 0.218. The van der Waals surface area contributed by atoms with Crippen LogP contribution in [0.4, 0.5) is 17.6 Å². The average molecular weight is 373 g/mol. The summed E-state index contributed by atoms with van der Waals surface area (Å²) in [5.41, 5.74) is 0.636. The average Bonchev–Trinajstić information content (AvgIpc) is 3.14. The van der Waals surface area contributed by atoms with Gasteiger partial charge in [-0.05, 0) is 25.7 Å². The van der Waals surface area contributed by atoms with Crippen molar-refractivity contribution in [2.24, 2.45) is 0 Å². The molecule has 2 aromatic rings. The van der Waals surface area contributed by atoms with Crippen molar-refractivity contribution in [3.8, 4) is 5.88 Å². The van der Waals surface area contributed by atoms with E-state index in [2.05, 4.69) is 42.7 Å². The number of hydrogen-bond acceptors (Lipinski definition) is 8. The molecule has 9 heteroatoms. The van der Waals surface area contributed by atoms with Crippen LogP contribution in [0, 0.1) is 0 Å². The number of H-pyrrole nitrogens is 1. The van der Waals surface area contributed by atoms with Gasteiger partial charge in [0.1, 0.15) is 5.82 Å². The summed E-state index contributed by atoms with van der Waals surface area (Å²) in [6, 6.07) is 5.07. The predicted octanol–water partition coefficient (Wildman–Crippen LogP) is 1.55. The number of aliphatic hydroxyl groups is 1. The summed E-state index contributed by atoms with van der Waals surface area (Å²) in [5.74, 6) is 2.33. The monoisotopic (exact) mass is 373 g/mol. The Morgan fingerprint density at radius 1 is 1.22 bits per heavy atom. The van der Waals surface area contributed by atoms with Gasteiger partial charge in [0.15, 0.2) is 5.82 Å². The zero-order chi connectivity index (χ0) is 18.8. The lowest BCUT2D eigenvalue weighted by atomic mass is 9.83. The molecule has 2 saturated heterocycles. The third kappa shape index (κ3) is 3.98. The highest BCUT2D eigenvalue weighted by Crippen LogP contribution is 2.30. The Balaban J connectivity index is 1.54. The largest absolute Gasteiger partial charge is 0.481 e. The van der Waals surface area contributed by atoms with Gasteiger partial charge in [0.25, 0.3) is 0 Å². The van der Waals surface area contributed by atoms with Crippen molar-refractivity contribution in [3.05, 3.63) is 17.8 Å². The van der Waals surface area contributed by atoms with Crippen molar-refractivity contribution in [3.63, 3.8) is 0 Å². The van der Waals surface area contributed by atoms with E-state index in [9.17, 15) is 5.11 Å². The second-order valence-electron chi connectivity index (χ2n) is 7.38. The van der Waals surface area contributed by atoms with Crippen molar-refractivity contribution < 1.29 is 9.84 Å². The molecule has 3 atom stereocenters. The van der Waals surface area contributed by atoms with Crippen LogP contribution in [0.3, 0.4) is 0 Å². The van der Waals surface area contributed by atoms with Crippen LogP contribution in [0.2, 0.25) is 0 Å². The molecule has 2 aliphatic rings. The van der Waals surface area contributed by atoms with Crippen LogP contribution in [0.25, 0.3) is 0 Å². The number of nitrogens with zero attached hydrogens (tertiary/aromatic N) is 4. The van der Waals surface area contributed by atoms with Crippen molar-refractivity contribution in [1.82, 2.24) is 25.5 Å². The van der Waals surface area contributed by atoms with Crippen molar-refractivity contribution in [1.29, 1.82) is 0 Å². The Bertz CT molecular complexity index is 769. The minimum Gasteiger partial charge on any atom is -0.481 e. The van der Waals surface area contributed by atoms with Gasteiger partial charge >= 0.3 is 0 Å². The van der Waals surface area contributed by atoms with Crippen LogP contribution in [0.5, 0.6) is 5.88 Å². The first kappa shape index (κ1) is 18.0. The predicted molar refractivity (Wildman–Crippen MR) is 102 cm³/mol. The molecule has 2 fully saturated rings. The van der Waals surface area contributed by atoms with Crippen molar-refractivity contribution >= 4 is 17.6 Å². The Labute approximate surface area is 158 Å². The normalized spacial score (nSPS) is 24.5. The fourth-order valence-electron chi connectivity index (χ4n) is 4.09. The summed E-state index contributed by atoms with van der Waals surface area (Å²) >= 11 is 0. The molecule has 0 amide bonds. The van der Waals surface area contributed by atoms with Gasteiger partial charge in [0, 0.05) is 37.3 Å². The molecule has 4 rings (SSSR count). The first-order chi connectivity index (χ1) is 13.1. The molecule has 0 aliphatic carbocycles. The topological polar surface area (TPSA) is 111 Å². The summed E-state index contributed by atoms with van der Waals surface area (Å²) in [5, 5.41) is 22.9. The second-order valence-corrected chi connectivity index (χ2v) is 7.38. The number of aromatic nitrogens is 4. The van der Waals surface area contributed by atoms with Gasteiger partial charge in [-0.25, -0.2) is 0 Å². The first-order valence-electron chi connectivity index (χ1n) is 9.48. The molecule has 0 radical (unpaired) electrons. The molecule has 4 heterocycles. The van der Waals surface area contributed by atoms with E-state index in [0.717, 1.165) is 12.8 Å². The zero-order valence-electron chi connectivity index (χ0n) is 15.8. The molecule has 2 aliphatic heterocycles. The fraction of sp³-hybridized carbons (Fsp3) is 0.611. The second kappa shape index (κ2) is 7.69. The number of hydrogen-bond donors (Lipinski definition) is 4. The van der Waals surface area contributed by atoms with E-state index in [1.54, 1.807) is 19.2 Å². The van der Waals surface area contributed by atoms with E-state index in [-0.39, 0.29) is 6.61 Å². The van der Waals surface area contributed by atoms with Crippen LogP contribution >= 0.6 is 0 Å².